The maximum atomic E-state index is 12.1. The fourth-order valence-corrected chi connectivity index (χ4v) is 2.89. The Labute approximate surface area is 132 Å². The predicted molar refractivity (Wildman–Crippen MR) is 82.3 cm³/mol. The van der Waals surface area contributed by atoms with Crippen LogP contribution in [0.4, 0.5) is 8.78 Å². The van der Waals surface area contributed by atoms with Crippen LogP contribution in [0.2, 0.25) is 0 Å². The van der Waals surface area contributed by atoms with Gasteiger partial charge >= 0.3 is 0 Å². The van der Waals surface area contributed by atoms with Crippen molar-refractivity contribution in [1.29, 1.82) is 0 Å². The molecule has 1 aliphatic rings. The number of para-hydroxylation sites is 1. The summed E-state index contributed by atoms with van der Waals surface area (Å²) in [7, 11) is 0. The summed E-state index contributed by atoms with van der Waals surface area (Å²) in [4.78, 5) is 0. The molecule has 0 saturated heterocycles. The Morgan fingerprint density at radius 1 is 1.18 bits per heavy atom. The number of hydrogen-bond acceptors (Lipinski definition) is 4. The van der Waals surface area contributed by atoms with Gasteiger partial charge < -0.3 is 14.5 Å². The Morgan fingerprint density at radius 3 is 2.86 bits per heavy atom. The number of thioether (sulfide) groups is 1. The molecule has 0 bridgehead atoms. The number of rotatable bonds is 6. The van der Waals surface area contributed by atoms with Gasteiger partial charge in [0.05, 0.1) is 12.3 Å². The zero-order valence-corrected chi connectivity index (χ0v) is 12.7. The normalized spacial score (nSPS) is 17.3. The highest BCUT2D eigenvalue weighted by atomic mass is 32.2. The second kappa shape index (κ2) is 7.15. The molecule has 22 heavy (non-hydrogen) atoms. The minimum atomic E-state index is -2.37. The number of fused-ring (bicyclic) bond motifs is 1. The molecule has 0 radical (unpaired) electrons. The Kier molecular flexibility index (Phi) is 5.00. The highest BCUT2D eigenvalue weighted by molar-refractivity contribution is 7.98. The molecule has 3 rings (SSSR count). The molecule has 0 amide bonds. The van der Waals surface area contributed by atoms with Gasteiger partial charge in [0.25, 0.3) is 5.76 Å². The van der Waals surface area contributed by atoms with Crippen LogP contribution < -0.4 is 10.1 Å². The van der Waals surface area contributed by atoms with Gasteiger partial charge in [-0.1, -0.05) is 30.0 Å². The molecular weight excluding hydrogens is 308 g/mol. The maximum absolute atomic E-state index is 12.1. The van der Waals surface area contributed by atoms with Gasteiger partial charge in [0.15, 0.2) is 0 Å². The van der Waals surface area contributed by atoms with Crippen molar-refractivity contribution in [2.45, 2.75) is 30.5 Å². The van der Waals surface area contributed by atoms with Crippen LogP contribution in [0.3, 0.4) is 0 Å². The minimum Gasteiger partial charge on any atom is -0.492 e. The smallest absolute Gasteiger partial charge is 0.284 e. The molecule has 0 fully saturated rings. The summed E-state index contributed by atoms with van der Waals surface area (Å²) in [5, 5.41) is 3.38. The number of halogens is 2. The highest BCUT2D eigenvalue weighted by Crippen LogP contribution is 2.24. The largest absolute Gasteiger partial charge is 0.492 e. The number of furan rings is 1. The van der Waals surface area contributed by atoms with Crippen LogP contribution >= 0.6 is 11.8 Å². The molecule has 1 aliphatic heterocycles. The standard InChI is InChI=1S/C16H17F2NO2S/c17-16(18)22-10-14-6-5-13(21-14)8-19-12-7-11-3-1-2-4-15(11)20-9-12/h1-6,12,16,19H,7-10H2. The number of hydrogen-bond donors (Lipinski definition) is 1. The van der Waals surface area contributed by atoms with Crippen molar-refractivity contribution in [3.63, 3.8) is 0 Å². The Balaban J connectivity index is 1.49. The molecule has 2 heterocycles. The zero-order valence-electron chi connectivity index (χ0n) is 11.9. The van der Waals surface area contributed by atoms with Crippen molar-refractivity contribution in [3.05, 3.63) is 53.5 Å². The molecule has 6 heteroatoms. The zero-order chi connectivity index (χ0) is 15.4. The van der Waals surface area contributed by atoms with Crippen LogP contribution in [-0.2, 0) is 18.7 Å². The van der Waals surface area contributed by atoms with E-state index in [9.17, 15) is 8.78 Å². The van der Waals surface area contributed by atoms with E-state index in [0.29, 0.717) is 30.7 Å². The summed E-state index contributed by atoms with van der Waals surface area (Å²) in [5.41, 5.74) is 1.19. The Morgan fingerprint density at radius 2 is 2.00 bits per heavy atom. The van der Waals surface area contributed by atoms with E-state index in [0.717, 1.165) is 17.9 Å². The quantitative estimate of drug-likeness (QED) is 0.875. The summed E-state index contributed by atoms with van der Waals surface area (Å²) in [6, 6.07) is 11.8. The lowest BCUT2D eigenvalue weighted by molar-refractivity contribution is 0.235. The highest BCUT2D eigenvalue weighted by Gasteiger charge is 2.19. The van der Waals surface area contributed by atoms with E-state index in [-0.39, 0.29) is 11.8 Å². The molecule has 3 nitrogen and oxygen atoms in total. The minimum absolute atomic E-state index is 0.192. The average Bonchev–Trinajstić information content (AvgIpc) is 2.99. The van der Waals surface area contributed by atoms with Gasteiger partial charge in [-0.25, -0.2) is 0 Å². The van der Waals surface area contributed by atoms with Crippen LogP contribution in [-0.4, -0.2) is 18.4 Å². The molecular formula is C16H17F2NO2S. The van der Waals surface area contributed by atoms with Gasteiger partial charge in [0.2, 0.25) is 0 Å². The summed E-state index contributed by atoms with van der Waals surface area (Å²) >= 11 is 0.569. The summed E-state index contributed by atoms with van der Waals surface area (Å²) in [6.07, 6.45) is 0.908. The maximum Gasteiger partial charge on any atom is 0.284 e. The van der Waals surface area contributed by atoms with E-state index in [1.165, 1.54) is 5.56 Å². The lowest BCUT2D eigenvalue weighted by atomic mass is 10.0. The number of benzene rings is 1. The average molecular weight is 325 g/mol. The van der Waals surface area contributed by atoms with Gasteiger partial charge in [0, 0.05) is 6.04 Å². The van der Waals surface area contributed by atoms with Gasteiger partial charge in [-0.3, -0.25) is 0 Å². The van der Waals surface area contributed by atoms with Crippen molar-refractivity contribution in [3.8, 4) is 5.75 Å². The van der Waals surface area contributed by atoms with Crippen molar-refractivity contribution in [2.24, 2.45) is 0 Å². The van der Waals surface area contributed by atoms with E-state index in [1.807, 2.05) is 24.3 Å². The molecule has 1 atom stereocenters. The van der Waals surface area contributed by atoms with Crippen LogP contribution in [0.15, 0.2) is 40.8 Å². The fourth-order valence-electron chi connectivity index (χ4n) is 2.44. The molecule has 1 aromatic heterocycles. The van der Waals surface area contributed by atoms with E-state index >= 15 is 0 Å². The molecule has 2 aromatic rings. The number of nitrogens with one attached hydrogen (secondary N) is 1. The first-order valence-electron chi connectivity index (χ1n) is 7.12. The molecule has 1 unspecified atom stereocenters. The number of ether oxygens (including phenoxy) is 1. The SMILES string of the molecule is FC(F)SCc1ccc(CNC2COc3ccccc3C2)o1. The Hall–Kier alpha value is -1.53. The van der Waals surface area contributed by atoms with Crippen LogP contribution in [0.5, 0.6) is 5.75 Å². The molecule has 0 aliphatic carbocycles. The topological polar surface area (TPSA) is 34.4 Å². The van der Waals surface area contributed by atoms with Crippen molar-refractivity contribution in [2.75, 3.05) is 6.61 Å². The lowest BCUT2D eigenvalue weighted by Gasteiger charge is -2.25. The summed E-state index contributed by atoms with van der Waals surface area (Å²) in [6.45, 7) is 1.18. The van der Waals surface area contributed by atoms with E-state index in [1.54, 1.807) is 6.07 Å². The van der Waals surface area contributed by atoms with Gasteiger partial charge in [-0.05, 0) is 30.2 Å². The van der Waals surface area contributed by atoms with Crippen molar-refractivity contribution < 1.29 is 17.9 Å². The predicted octanol–water partition coefficient (Wildman–Crippen LogP) is 3.83. The second-order valence-electron chi connectivity index (χ2n) is 5.14. The van der Waals surface area contributed by atoms with E-state index in [4.69, 9.17) is 9.15 Å². The first kappa shape index (κ1) is 15.4. The van der Waals surface area contributed by atoms with Gasteiger partial charge in [-0.15, -0.1) is 0 Å². The summed E-state index contributed by atoms with van der Waals surface area (Å²) in [5.74, 6) is 0.101. The van der Waals surface area contributed by atoms with Crippen LogP contribution in [0.25, 0.3) is 0 Å². The van der Waals surface area contributed by atoms with Crippen molar-refractivity contribution >= 4 is 11.8 Å². The Bertz CT molecular complexity index is 618. The molecule has 0 spiro atoms. The lowest BCUT2D eigenvalue weighted by Crippen LogP contribution is -2.38. The molecule has 0 saturated carbocycles. The van der Waals surface area contributed by atoms with Gasteiger partial charge in [0.1, 0.15) is 23.9 Å². The summed E-state index contributed by atoms with van der Waals surface area (Å²) < 4.78 is 35.5. The third-order valence-electron chi connectivity index (χ3n) is 3.51. The fraction of sp³-hybridized carbons (Fsp3) is 0.375. The molecule has 1 N–H and O–H groups in total. The third kappa shape index (κ3) is 4.01. The second-order valence-corrected chi connectivity index (χ2v) is 6.12. The van der Waals surface area contributed by atoms with Crippen LogP contribution in [0.1, 0.15) is 17.1 Å². The first-order valence-corrected chi connectivity index (χ1v) is 8.17. The monoisotopic (exact) mass is 325 g/mol. The van der Waals surface area contributed by atoms with E-state index < -0.39 is 5.76 Å². The number of alkyl halides is 2. The molecule has 118 valence electrons. The van der Waals surface area contributed by atoms with Crippen molar-refractivity contribution in [1.82, 2.24) is 5.32 Å². The third-order valence-corrected chi connectivity index (χ3v) is 4.22. The van der Waals surface area contributed by atoms with Crippen LogP contribution in [0, 0.1) is 0 Å². The van der Waals surface area contributed by atoms with E-state index in [2.05, 4.69) is 11.4 Å². The first-order chi connectivity index (χ1) is 10.7. The molecule has 1 aromatic carbocycles. The van der Waals surface area contributed by atoms with Gasteiger partial charge in [-0.2, -0.15) is 8.78 Å².